The van der Waals surface area contributed by atoms with E-state index < -0.39 is 0 Å². The van der Waals surface area contributed by atoms with Crippen molar-refractivity contribution >= 4 is 28.8 Å². The van der Waals surface area contributed by atoms with Gasteiger partial charge in [0.15, 0.2) is 0 Å². The molecule has 3 aromatic rings. The van der Waals surface area contributed by atoms with Crippen LogP contribution in [0.25, 0.3) is 11.1 Å². The van der Waals surface area contributed by atoms with E-state index in [0.717, 1.165) is 22.7 Å². The Morgan fingerprint density at radius 3 is 2.70 bits per heavy atom. The van der Waals surface area contributed by atoms with Crippen LogP contribution in [0.5, 0.6) is 0 Å². The minimum atomic E-state index is -0.110. The van der Waals surface area contributed by atoms with Crippen LogP contribution in [0.3, 0.4) is 0 Å². The predicted molar refractivity (Wildman–Crippen MR) is 118 cm³/mol. The van der Waals surface area contributed by atoms with E-state index in [-0.39, 0.29) is 11.8 Å². The molecular formula is C22H23N5O2S. The number of nitrogens with one attached hydrogen (secondary N) is 2. The van der Waals surface area contributed by atoms with Gasteiger partial charge in [-0.3, -0.25) is 9.59 Å². The van der Waals surface area contributed by atoms with Gasteiger partial charge in [0.1, 0.15) is 5.01 Å². The molecule has 0 radical (unpaired) electrons. The van der Waals surface area contributed by atoms with Gasteiger partial charge in [0, 0.05) is 38.8 Å². The fourth-order valence-electron chi connectivity index (χ4n) is 3.58. The van der Waals surface area contributed by atoms with Crippen molar-refractivity contribution in [3.63, 3.8) is 0 Å². The van der Waals surface area contributed by atoms with E-state index in [2.05, 4.69) is 39.0 Å². The maximum atomic E-state index is 13.1. The quantitative estimate of drug-likeness (QED) is 0.573. The molecule has 0 saturated carbocycles. The van der Waals surface area contributed by atoms with Gasteiger partial charge >= 0.3 is 0 Å². The van der Waals surface area contributed by atoms with Gasteiger partial charge in [-0.25, -0.2) is 0 Å². The molecule has 8 heteroatoms. The number of aromatic nitrogens is 2. The summed E-state index contributed by atoms with van der Waals surface area (Å²) in [4.78, 5) is 25.8. The van der Waals surface area contributed by atoms with Gasteiger partial charge in [0.2, 0.25) is 10.9 Å². The number of nitrogens with zero attached hydrogens (tertiary/aromatic N) is 3. The lowest BCUT2D eigenvalue weighted by Crippen LogP contribution is -2.29. The SMILES string of the molecule is CC(=O)NCCNCc1nnc(C(=O)N2CCc3c(-c4ccccc4)cccc32)s1. The van der Waals surface area contributed by atoms with Crippen LogP contribution < -0.4 is 15.5 Å². The van der Waals surface area contributed by atoms with E-state index in [1.807, 2.05) is 30.3 Å². The van der Waals surface area contributed by atoms with Crippen molar-refractivity contribution in [2.45, 2.75) is 19.9 Å². The van der Waals surface area contributed by atoms with E-state index >= 15 is 0 Å². The molecule has 7 nitrogen and oxygen atoms in total. The highest BCUT2D eigenvalue weighted by molar-refractivity contribution is 7.13. The number of carbonyl (C=O) groups excluding carboxylic acids is 2. The second-order valence-corrected chi connectivity index (χ2v) is 8.10. The number of rotatable bonds is 7. The molecule has 2 amide bonds. The summed E-state index contributed by atoms with van der Waals surface area (Å²) < 4.78 is 0. The first-order valence-corrected chi connectivity index (χ1v) is 10.7. The summed E-state index contributed by atoms with van der Waals surface area (Å²) in [6, 6.07) is 16.4. The third-order valence-corrected chi connectivity index (χ3v) is 5.87. The Morgan fingerprint density at radius 2 is 1.90 bits per heavy atom. The maximum absolute atomic E-state index is 13.1. The normalized spacial score (nSPS) is 12.6. The third-order valence-electron chi connectivity index (χ3n) is 4.96. The van der Waals surface area contributed by atoms with E-state index in [0.29, 0.717) is 31.2 Å². The van der Waals surface area contributed by atoms with Gasteiger partial charge in [-0.05, 0) is 29.2 Å². The minimum absolute atomic E-state index is 0.0538. The summed E-state index contributed by atoms with van der Waals surface area (Å²) in [5.41, 5.74) is 4.48. The zero-order valence-corrected chi connectivity index (χ0v) is 17.5. The van der Waals surface area contributed by atoms with Crippen molar-refractivity contribution in [3.05, 3.63) is 64.1 Å². The molecule has 0 unspecified atom stereocenters. The molecule has 2 aromatic carbocycles. The highest BCUT2D eigenvalue weighted by Gasteiger charge is 2.29. The van der Waals surface area contributed by atoms with Crippen molar-refractivity contribution < 1.29 is 9.59 Å². The first kappa shape index (κ1) is 20.2. The summed E-state index contributed by atoms with van der Waals surface area (Å²) in [7, 11) is 0. The monoisotopic (exact) mass is 421 g/mol. The van der Waals surface area contributed by atoms with Crippen LogP contribution in [-0.2, 0) is 17.8 Å². The molecule has 2 N–H and O–H groups in total. The molecule has 0 atom stereocenters. The molecule has 2 heterocycles. The van der Waals surface area contributed by atoms with Crippen molar-refractivity contribution in [3.8, 4) is 11.1 Å². The van der Waals surface area contributed by atoms with Gasteiger partial charge in [0.05, 0.1) is 0 Å². The Balaban J connectivity index is 1.44. The molecule has 30 heavy (non-hydrogen) atoms. The molecular weight excluding hydrogens is 398 g/mol. The molecule has 0 spiro atoms. The largest absolute Gasteiger partial charge is 0.355 e. The number of anilines is 1. The highest BCUT2D eigenvalue weighted by atomic mass is 32.1. The second-order valence-electron chi connectivity index (χ2n) is 7.04. The summed E-state index contributed by atoms with van der Waals surface area (Å²) in [6.07, 6.45) is 0.822. The first-order valence-electron chi connectivity index (χ1n) is 9.90. The molecule has 4 rings (SSSR count). The third kappa shape index (κ3) is 4.39. The Morgan fingerprint density at radius 1 is 1.07 bits per heavy atom. The summed E-state index contributed by atoms with van der Waals surface area (Å²) in [5.74, 6) is -0.164. The Bertz CT molecular complexity index is 1050. The Labute approximate surface area is 179 Å². The van der Waals surface area contributed by atoms with Gasteiger partial charge in [-0.1, -0.05) is 53.8 Å². The number of hydrogen-bond acceptors (Lipinski definition) is 6. The van der Waals surface area contributed by atoms with Crippen molar-refractivity contribution in [2.24, 2.45) is 0 Å². The Kier molecular flexibility index (Phi) is 6.15. The molecule has 1 aliphatic rings. The summed E-state index contributed by atoms with van der Waals surface area (Å²) >= 11 is 1.30. The number of benzene rings is 2. The average Bonchev–Trinajstić information content (AvgIpc) is 3.40. The number of amides is 2. The summed E-state index contributed by atoms with van der Waals surface area (Å²) in [6.45, 7) is 3.82. The molecule has 1 aliphatic heterocycles. The van der Waals surface area contributed by atoms with Crippen LogP contribution in [0.4, 0.5) is 5.69 Å². The molecule has 0 saturated heterocycles. The topological polar surface area (TPSA) is 87.2 Å². The standard InChI is InChI=1S/C22H23N5O2S/c1-15(28)24-12-11-23-14-20-25-26-21(30-20)22(29)27-13-10-18-17(8-5-9-19(18)27)16-6-3-2-4-7-16/h2-9,23H,10-14H2,1H3,(H,24,28). The molecule has 0 aliphatic carbocycles. The minimum Gasteiger partial charge on any atom is -0.355 e. The van der Waals surface area contributed by atoms with Gasteiger partial charge in [0.25, 0.3) is 5.91 Å². The number of carbonyl (C=O) groups is 2. The van der Waals surface area contributed by atoms with Crippen molar-refractivity contribution in [1.82, 2.24) is 20.8 Å². The van der Waals surface area contributed by atoms with Crippen molar-refractivity contribution in [1.29, 1.82) is 0 Å². The van der Waals surface area contributed by atoms with Crippen LogP contribution in [0.15, 0.2) is 48.5 Å². The smallest absolute Gasteiger partial charge is 0.289 e. The van der Waals surface area contributed by atoms with Crippen LogP contribution in [0, 0.1) is 0 Å². The zero-order valence-electron chi connectivity index (χ0n) is 16.7. The van der Waals surface area contributed by atoms with E-state index in [4.69, 9.17) is 0 Å². The van der Waals surface area contributed by atoms with E-state index in [9.17, 15) is 9.59 Å². The van der Waals surface area contributed by atoms with E-state index in [1.165, 1.54) is 29.4 Å². The fraction of sp³-hybridized carbons (Fsp3) is 0.273. The number of hydrogen-bond donors (Lipinski definition) is 2. The van der Waals surface area contributed by atoms with Gasteiger partial charge < -0.3 is 15.5 Å². The van der Waals surface area contributed by atoms with Crippen LogP contribution in [0.2, 0.25) is 0 Å². The molecule has 0 fully saturated rings. The number of fused-ring (bicyclic) bond motifs is 1. The highest BCUT2D eigenvalue weighted by Crippen LogP contribution is 2.36. The van der Waals surface area contributed by atoms with Gasteiger partial charge in [-0.2, -0.15) is 0 Å². The maximum Gasteiger partial charge on any atom is 0.289 e. The molecule has 0 bridgehead atoms. The lowest BCUT2D eigenvalue weighted by molar-refractivity contribution is -0.118. The van der Waals surface area contributed by atoms with Crippen LogP contribution >= 0.6 is 11.3 Å². The second kappa shape index (κ2) is 9.15. The lowest BCUT2D eigenvalue weighted by Gasteiger charge is -2.16. The average molecular weight is 422 g/mol. The molecule has 1 aromatic heterocycles. The van der Waals surface area contributed by atoms with Gasteiger partial charge in [-0.15, -0.1) is 10.2 Å². The zero-order chi connectivity index (χ0) is 20.9. The van der Waals surface area contributed by atoms with E-state index in [1.54, 1.807) is 4.90 Å². The first-order chi connectivity index (χ1) is 14.6. The fourth-order valence-corrected chi connectivity index (χ4v) is 4.34. The van der Waals surface area contributed by atoms with Crippen molar-refractivity contribution in [2.75, 3.05) is 24.5 Å². The predicted octanol–water partition coefficient (Wildman–Crippen LogP) is 2.63. The van der Waals surface area contributed by atoms with Crippen LogP contribution in [0.1, 0.15) is 27.3 Å². The summed E-state index contributed by atoms with van der Waals surface area (Å²) in [5, 5.41) is 15.3. The lowest BCUT2D eigenvalue weighted by atomic mass is 9.98. The molecule has 154 valence electrons. The van der Waals surface area contributed by atoms with Crippen LogP contribution in [-0.4, -0.2) is 41.6 Å². The Hall–Kier alpha value is -3.10.